The van der Waals surface area contributed by atoms with Crippen molar-refractivity contribution in [2.75, 3.05) is 0 Å². The van der Waals surface area contributed by atoms with E-state index in [1.165, 1.54) is 11.3 Å². The highest BCUT2D eigenvalue weighted by Gasteiger charge is 2.30. The van der Waals surface area contributed by atoms with Crippen molar-refractivity contribution in [3.05, 3.63) is 94.2 Å². The average Bonchev–Trinajstić information content (AvgIpc) is 3.11. The Morgan fingerprint density at radius 1 is 0.818 bits per heavy atom. The van der Waals surface area contributed by atoms with Crippen molar-refractivity contribution in [1.82, 2.24) is 0 Å². The number of benzene rings is 2. The number of hydrogen-bond donors (Lipinski definition) is 1. The van der Waals surface area contributed by atoms with Crippen LogP contribution in [-0.4, -0.2) is 10.9 Å². The monoisotopic (exact) mass is 308 g/mol. The lowest BCUT2D eigenvalue weighted by atomic mass is 9.85. The quantitative estimate of drug-likeness (QED) is 0.707. The number of Topliss-reactive ketones (excluding diaryl/α,β-unsaturated/α-hetero) is 1. The molecule has 3 aromatic rings. The Morgan fingerprint density at radius 2 is 1.41 bits per heavy atom. The molecule has 22 heavy (non-hydrogen) atoms. The number of carbonyl (C=O) groups is 1. The van der Waals surface area contributed by atoms with Crippen LogP contribution in [-0.2, 0) is 0 Å². The molecule has 0 radical (unpaired) electrons. The second-order valence-corrected chi connectivity index (χ2v) is 6.03. The molecule has 0 fully saturated rings. The van der Waals surface area contributed by atoms with Gasteiger partial charge in [0.25, 0.3) is 0 Å². The zero-order valence-electron chi connectivity index (χ0n) is 11.9. The van der Waals surface area contributed by atoms with Crippen LogP contribution in [0.15, 0.2) is 78.2 Å². The molecule has 0 saturated carbocycles. The van der Waals surface area contributed by atoms with E-state index in [9.17, 15) is 9.90 Å². The van der Waals surface area contributed by atoms with E-state index in [-0.39, 0.29) is 5.78 Å². The van der Waals surface area contributed by atoms with Crippen LogP contribution in [0.5, 0.6) is 0 Å². The van der Waals surface area contributed by atoms with Crippen LogP contribution in [0.2, 0.25) is 0 Å². The molecule has 0 aliphatic carbocycles. The third kappa shape index (κ3) is 3.01. The summed E-state index contributed by atoms with van der Waals surface area (Å²) in [5.41, 5.74) is 1.58. The zero-order valence-corrected chi connectivity index (χ0v) is 12.7. The number of aliphatic hydroxyl groups is 1. The molecule has 2 atom stereocenters. The number of aliphatic hydroxyl groups excluding tert-OH is 1. The lowest BCUT2D eigenvalue weighted by Gasteiger charge is -2.22. The first-order chi connectivity index (χ1) is 10.8. The topological polar surface area (TPSA) is 37.3 Å². The molecule has 0 saturated heterocycles. The third-order valence-corrected chi connectivity index (χ3v) is 4.55. The molecule has 1 aromatic heterocycles. The maximum Gasteiger partial charge on any atom is 0.183 e. The number of thiophene rings is 1. The molecular weight excluding hydrogens is 292 g/mol. The molecule has 3 rings (SSSR count). The van der Waals surface area contributed by atoms with Gasteiger partial charge in [-0.2, -0.15) is 0 Å². The fourth-order valence-corrected chi connectivity index (χ4v) is 3.26. The Morgan fingerprint density at radius 3 is 1.95 bits per heavy atom. The van der Waals surface area contributed by atoms with E-state index in [4.69, 9.17) is 0 Å². The molecular formula is C19H16O2S. The van der Waals surface area contributed by atoms with Crippen molar-refractivity contribution < 1.29 is 9.90 Å². The second-order valence-electron chi connectivity index (χ2n) is 5.09. The molecule has 1 N–H and O–H groups in total. The highest BCUT2D eigenvalue weighted by atomic mass is 32.1. The van der Waals surface area contributed by atoms with Crippen LogP contribution < -0.4 is 0 Å². The Labute approximate surface area is 133 Å². The molecule has 0 spiro atoms. The molecule has 1 heterocycles. The fraction of sp³-hybridized carbons (Fsp3) is 0.105. The van der Waals surface area contributed by atoms with E-state index in [0.717, 1.165) is 11.1 Å². The van der Waals surface area contributed by atoms with Gasteiger partial charge in [0.05, 0.1) is 16.9 Å². The predicted molar refractivity (Wildman–Crippen MR) is 89.2 cm³/mol. The van der Waals surface area contributed by atoms with E-state index >= 15 is 0 Å². The summed E-state index contributed by atoms with van der Waals surface area (Å²) in [5, 5.41) is 12.7. The number of carbonyl (C=O) groups excluding carboxylic acids is 1. The minimum atomic E-state index is -0.863. The third-order valence-electron chi connectivity index (χ3n) is 3.66. The summed E-state index contributed by atoms with van der Waals surface area (Å²) in [4.78, 5) is 13.5. The molecule has 2 nitrogen and oxygen atoms in total. The molecule has 0 aliphatic rings. The molecule has 2 unspecified atom stereocenters. The summed E-state index contributed by atoms with van der Waals surface area (Å²) < 4.78 is 0. The Balaban J connectivity index is 2.02. The normalized spacial score (nSPS) is 13.5. The largest absolute Gasteiger partial charge is 0.387 e. The first-order valence-corrected chi connectivity index (χ1v) is 8.01. The summed E-state index contributed by atoms with van der Waals surface area (Å²) in [6, 6.07) is 22.5. The van der Waals surface area contributed by atoms with Crippen LogP contribution in [0.3, 0.4) is 0 Å². The molecule has 0 aliphatic heterocycles. The van der Waals surface area contributed by atoms with Crippen LogP contribution >= 0.6 is 11.3 Å². The van der Waals surface area contributed by atoms with Gasteiger partial charge in [-0.3, -0.25) is 4.79 Å². The minimum absolute atomic E-state index is 0.0439. The SMILES string of the molecule is O=C(c1cccs1)C(c1ccccc1)C(O)c1ccccc1. The lowest BCUT2D eigenvalue weighted by Crippen LogP contribution is -2.20. The van der Waals surface area contributed by atoms with E-state index in [1.54, 1.807) is 6.07 Å². The number of hydrogen-bond acceptors (Lipinski definition) is 3. The minimum Gasteiger partial charge on any atom is -0.387 e. The summed E-state index contributed by atoms with van der Waals surface area (Å²) in [7, 11) is 0. The fourth-order valence-electron chi connectivity index (χ4n) is 2.55. The predicted octanol–water partition coefficient (Wildman–Crippen LogP) is 4.45. The molecule has 0 amide bonds. The molecule has 3 heteroatoms. The average molecular weight is 308 g/mol. The van der Waals surface area contributed by atoms with Gasteiger partial charge in [0.2, 0.25) is 0 Å². The van der Waals surface area contributed by atoms with Gasteiger partial charge < -0.3 is 5.11 Å². The summed E-state index contributed by atoms with van der Waals surface area (Å²) in [6.07, 6.45) is -0.863. The maximum atomic E-state index is 12.9. The highest BCUT2D eigenvalue weighted by molar-refractivity contribution is 7.12. The van der Waals surface area contributed by atoms with Gasteiger partial charge in [0.1, 0.15) is 0 Å². The number of ketones is 1. The summed E-state index contributed by atoms with van der Waals surface area (Å²) in [6.45, 7) is 0. The van der Waals surface area contributed by atoms with Gasteiger partial charge in [0.15, 0.2) is 5.78 Å². The van der Waals surface area contributed by atoms with E-state index < -0.39 is 12.0 Å². The Hall–Kier alpha value is -2.23. The molecule has 2 aromatic carbocycles. The zero-order chi connectivity index (χ0) is 15.4. The van der Waals surface area contributed by atoms with Gasteiger partial charge in [-0.05, 0) is 22.6 Å². The number of rotatable bonds is 5. The Kier molecular flexibility index (Phi) is 4.47. The molecule has 0 bridgehead atoms. The van der Waals surface area contributed by atoms with E-state index in [2.05, 4.69) is 0 Å². The van der Waals surface area contributed by atoms with Crippen LogP contribution in [0.4, 0.5) is 0 Å². The van der Waals surface area contributed by atoms with Gasteiger partial charge in [-0.15, -0.1) is 11.3 Å². The van der Waals surface area contributed by atoms with Crippen molar-refractivity contribution in [3.63, 3.8) is 0 Å². The second kappa shape index (κ2) is 6.69. The van der Waals surface area contributed by atoms with E-state index in [0.29, 0.717) is 4.88 Å². The standard InChI is InChI=1S/C19H16O2S/c20-18(15-10-5-2-6-11-15)17(14-8-3-1-4-9-14)19(21)16-12-7-13-22-16/h1-13,17-18,20H. The Bertz CT molecular complexity index is 721. The van der Waals surface area contributed by atoms with Crippen LogP contribution in [0.25, 0.3) is 0 Å². The molecule has 110 valence electrons. The van der Waals surface area contributed by atoms with Crippen molar-refractivity contribution in [1.29, 1.82) is 0 Å². The summed E-state index contributed by atoms with van der Waals surface area (Å²) in [5.74, 6) is -0.639. The highest BCUT2D eigenvalue weighted by Crippen LogP contribution is 2.34. The van der Waals surface area contributed by atoms with Gasteiger partial charge in [0, 0.05) is 0 Å². The first-order valence-electron chi connectivity index (χ1n) is 7.13. The van der Waals surface area contributed by atoms with Crippen molar-refractivity contribution in [2.24, 2.45) is 0 Å². The smallest absolute Gasteiger partial charge is 0.183 e. The van der Waals surface area contributed by atoms with E-state index in [1.807, 2.05) is 72.1 Å². The van der Waals surface area contributed by atoms with Crippen LogP contribution in [0.1, 0.15) is 32.8 Å². The van der Waals surface area contributed by atoms with Gasteiger partial charge in [-0.1, -0.05) is 66.7 Å². The summed E-state index contributed by atoms with van der Waals surface area (Å²) >= 11 is 1.41. The van der Waals surface area contributed by atoms with Crippen molar-refractivity contribution >= 4 is 17.1 Å². The lowest BCUT2D eigenvalue weighted by molar-refractivity contribution is 0.0814. The van der Waals surface area contributed by atoms with Crippen LogP contribution in [0, 0.1) is 0 Å². The van der Waals surface area contributed by atoms with Crippen molar-refractivity contribution in [2.45, 2.75) is 12.0 Å². The van der Waals surface area contributed by atoms with Crippen molar-refractivity contribution in [3.8, 4) is 0 Å². The van der Waals surface area contributed by atoms with Gasteiger partial charge >= 0.3 is 0 Å². The maximum absolute atomic E-state index is 12.9. The first kappa shape index (κ1) is 14.7. The van der Waals surface area contributed by atoms with Gasteiger partial charge in [-0.25, -0.2) is 0 Å².